The average molecular weight is 336 g/mol. The molecular weight excluding hydrogens is 310 g/mol. The van der Waals surface area contributed by atoms with Crippen LogP contribution in [0.4, 0.5) is 0 Å². The van der Waals surface area contributed by atoms with Crippen LogP contribution in [0.5, 0.6) is 0 Å². The summed E-state index contributed by atoms with van der Waals surface area (Å²) in [7, 11) is 1.81. The average Bonchev–Trinajstić information content (AvgIpc) is 2.80. The van der Waals surface area contributed by atoms with Gasteiger partial charge < -0.3 is 15.2 Å². The van der Waals surface area contributed by atoms with Gasteiger partial charge in [0, 0.05) is 36.7 Å². The molecule has 126 valence electrons. The zero-order valence-corrected chi connectivity index (χ0v) is 15.3. The molecule has 4 nitrogen and oxygen atoms in total. The lowest BCUT2D eigenvalue weighted by molar-refractivity contribution is 0.0747. The molecule has 0 aliphatic rings. The molecule has 0 radical (unpaired) electrons. The summed E-state index contributed by atoms with van der Waals surface area (Å²) in [6.45, 7) is 8.52. The van der Waals surface area contributed by atoms with Gasteiger partial charge in [0.25, 0.3) is 5.91 Å². The van der Waals surface area contributed by atoms with E-state index >= 15 is 0 Å². The quantitative estimate of drug-likeness (QED) is 0.932. The molecule has 2 aromatic rings. The number of aryl methyl sites for hydroxylation is 2. The van der Waals surface area contributed by atoms with Gasteiger partial charge in [-0.05, 0) is 45.4 Å². The monoisotopic (exact) mass is 335 g/mol. The van der Waals surface area contributed by atoms with Crippen molar-refractivity contribution in [3.8, 4) is 5.69 Å². The minimum absolute atomic E-state index is 0. The van der Waals surface area contributed by atoms with Gasteiger partial charge in [-0.25, -0.2) is 0 Å². The number of para-hydroxylation sites is 1. The molecule has 0 saturated heterocycles. The molecule has 1 unspecified atom stereocenters. The van der Waals surface area contributed by atoms with E-state index < -0.39 is 0 Å². The van der Waals surface area contributed by atoms with Crippen molar-refractivity contribution in [1.29, 1.82) is 0 Å². The van der Waals surface area contributed by atoms with Crippen molar-refractivity contribution in [2.24, 2.45) is 5.73 Å². The van der Waals surface area contributed by atoms with Crippen molar-refractivity contribution in [2.75, 3.05) is 13.6 Å². The van der Waals surface area contributed by atoms with Gasteiger partial charge >= 0.3 is 0 Å². The summed E-state index contributed by atoms with van der Waals surface area (Å²) >= 11 is 0. The number of nitrogens with two attached hydrogens (primary N) is 1. The van der Waals surface area contributed by atoms with E-state index in [9.17, 15) is 4.79 Å². The van der Waals surface area contributed by atoms with Crippen LogP contribution in [0.2, 0.25) is 0 Å². The molecule has 2 N–H and O–H groups in total. The van der Waals surface area contributed by atoms with Crippen LogP contribution < -0.4 is 5.73 Å². The molecule has 0 aliphatic heterocycles. The van der Waals surface area contributed by atoms with E-state index in [-0.39, 0.29) is 24.4 Å². The van der Waals surface area contributed by atoms with E-state index in [1.165, 1.54) is 5.56 Å². The molecule has 23 heavy (non-hydrogen) atoms. The van der Waals surface area contributed by atoms with E-state index in [0.717, 1.165) is 22.6 Å². The maximum absolute atomic E-state index is 12.7. The van der Waals surface area contributed by atoms with Crippen molar-refractivity contribution < 1.29 is 4.79 Å². The normalized spacial score (nSPS) is 11.7. The number of halogens is 1. The Labute approximate surface area is 144 Å². The smallest absolute Gasteiger partial charge is 0.255 e. The van der Waals surface area contributed by atoms with Gasteiger partial charge in [0.05, 0.1) is 5.56 Å². The zero-order chi connectivity index (χ0) is 16.4. The molecule has 0 bridgehead atoms. The first-order chi connectivity index (χ1) is 10.4. The van der Waals surface area contributed by atoms with Crippen molar-refractivity contribution in [2.45, 2.75) is 33.7 Å². The van der Waals surface area contributed by atoms with E-state index in [1.54, 1.807) is 11.9 Å². The third kappa shape index (κ3) is 3.59. The molecule has 5 heteroatoms. The third-order valence-electron chi connectivity index (χ3n) is 4.34. The van der Waals surface area contributed by atoms with Gasteiger partial charge in [0.15, 0.2) is 0 Å². The highest BCUT2D eigenvalue weighted by Crippen LogP contribution is 2.24. The Morgan fingerprint density at radius 2 is 1.87 bits per heavy atom. The highest BCUT2D eigenvalue weighted by molar-refractivity contribution is 5.96. The number of nitrogens with zero attached hydrogens (tertiary/aromatic N) is 2. The number of likely N-dealkylation sites (N-methyl/N-ethyl adjacent to an activating group) is 1. The first-order valence-corrected chi connectivity index (χ1v) is 7.60. The molecule has 1 atom stereocenters. The molecule has 0 aliphatic carbocycles. The van der Waals surface area contributed by atoms with Crippen LogP contribution in [0, 0.1) is 20.8 Å². The largest absolute Gasteiger partial charge is 0.338 e. The molecule has 1 amide bonds. The van der Waals surface area contributed by atoms with Crippen molar-refractivity contribution >= 4 is 18.3 Å². The number of amides is 1. The fourth-order valence-electron chi connectivity index (χ4n) is 2.71. The third-order valence-corrected chi connectivity index (χ3v) is 4.34. The summed E-state index contributed by atoms with van der Waals surface area (Å²) in [4.78, 5) is 14.4. The van der Waals surface area contributed by atoms with E-state index in [2.05, 4.69) is 23.6 Å². The minimum Gasteiger partial charge on any atom is -0.338 e. The molecule has 0 fully saturated rings. The second-order valence-electron chi connectivity index (χ2n) is 5.91. The van der Waals surface area contributed by atoms with Gasteiger partial charge in [-0.1, -0.05) is 18.2 Å². The van der Waals surface area contributed by atoms with E-state index in [0.29, 0.717) is 6.54 Å². The van der Waals surface area contributed by atoms with Gasteiger partial charge in [0.2, 0.25) is 0 Å². The highest BCUT2D eigenvalue weighted by atomic mass is 35.5. The summed E-state index contributed by atoms with van der Waals surface area (Å²) in [5.41, 5.74) is 10.7. The molecular formula is C18H26ClN3O. The maximum Gasteiger partial charge on any atom is 0.255 e. The molecule has 1 aromatic heterocycles. The lowest BCUT2D eigenvalue weighted by Crippen LogP contribution is -2.39. The Balaban J connectivity index is 0.00000264. The van der Waals surface area contributed by atoms with Gasteiger partial charge in [-0.15, -0.1) is 12.4 Å². The van der Waals surface area contributed by atoms with Crippen molar-refractivity contribution in [3.63, 3.8) is 0 Å². The highest BCUT2D eigenvalue weighted by Gasteiger charge is 2.22. The standard InChI is InChI=1S/C18H25N3O.ClH/c1-12-8-6-7-9-17(12)21-13(2)10-16(15(21)4)18(22)20(5)14(3)11-19;/h6-10,14H,11,19H2,1-5H3;1H. The Morgan fingerprint density at radius 3 is 2.43 bits per heavy atom. The molecule has 1 aromatic carbocycles. The van der Waals surface area contributed by atoms with Crippen molar-refractivity contribution in [3.05, 3.63) is 52.8 Å². The SMILES string of the molecule is Cc1ccccc1-n1c(C)cc(C(=O)N(C)C(C)CN)c1C.Cl. The summed E-state index contributed by atoms with van der Waals surface area (Å²) in [5, 5.41) is 0. The van der Waals surface area contributed by atoms with E-state index in [4.69, 9.17) is 5.73 Å². The number of carbonyl (C=O) groups excluding carboxylic acids is 1. The fourth-order valence-corrected chi connectivity index (χ4v) is 2.71. The lowest BCUT2D eigenvalue weighted by atomic mass is 10.1. The lowest BCUT2D eigenvalue weighted by Gasteiger charge is -2.23. The number of carbonyl (C=O) groups is 1. The van der Waals surface area contributed by atoms with Crippen LogP contribution in [0.3, 0.4) is 0 Å². The first-order valence-electron chi connectivity index (χ1n) is 7.60. The zero-order valence-electron chi connectivity index (χ0n) is 14.5. The van der Waals surface area contributed by atoms with Crippen LogP contribution in [-0.2, 0) is 0 Å². The molecule has 2 rings (SSSR count). The number of aromatic nitrogens is 1. The predicted octanol–water partition coefficient (Wildman–Crippen LogP) is 3.24. The fraction of sp³-hybridized carbons (Fsp3) is 0.389. The van der Waals surface area contributed by atoms with Crippen molar-refractivity contribution in [1.82, 2.24) is 9.47 Å². The summed E-state index contributed by atoms with van der Waals surface area (Å²) < 4.78 is 2.14. The van der Waals surface area contributed by atoms with Crippen LogP contribution in [0.15, 0.2) is 30.3 Å². The molecule has 1 heterocycles. The number of hydrogen-bond acceptors (Lipinski definition) is 2. The minimum atomic E-state index is 0. The van der Waals surface area contributed by atoms with Crippen LogP contribution in [0.1, 0.15) is 34.2 Å². The Hall–Kier alpha value is -1.78. The van der Waals surface area contributed by atoms with Gasteiger partial charge in [0.1, 0.15) is 0 Å². The van der Waals surface area contributed by atoms with Gasteiger partial charge in [-0.2, -0.15) is 0 Å². The second kappa shape index (κ2) is 7.66. The Morgan fingerprint density at radius 1 is 1.26 bits per heavy atom. The summed E-state index contributed by atoms with van der Waals surface area (Å²) in [5.74, 6) is 0.0193. The molecule has 0 saturated carbocycles. The Kier molecular flexibility index (Phi) is 6.42. The second-order valence-corrected chi connectivity index (χ2v) is 5.91. The van der Waals surface area contributed by atoms with Crippen LogP contribution in [0.25, 0.3) is 5.69 Å². The Bertz CT molecular complexity index is 694. The van der Waals surface area contributed by atoms with Crippen LogP contribution in [-0.4, -0.2) is 35.0 Å². The number of benzene rings is 1. The van der Waals surface area contributed by atoms with Crippen LogP contribution >= 0.6 is 12.4 Å². The maximum atomic E-state index is 12.7. The summed E-state index contributed by atoms with van der Waals surface area (Å²) in [6, 6.07) is 10.2. The van der Waals surface area contributed by atoms with E-state index in [1.807, 2.05) is 39.0 Å². The number of rotatable bonds is 4. The van der Waals surface area contributed by atoms with Gasteiger partial charge in [-0.3, -0.25) is 4.79 Å². The number of hydrogen-bond donors (Lipinski definition) is 1. The summed E-state index contributed by atoms with van der Waals surface area (Å²) in [6.07, 6.45) is 0. The predicted molar refractivity (Wildman–Crippen MR) is 97.8 cm³/mol. The topological polar surface area (TPSA) is 51.3 Å². The first kappa shape index (κ1) is 19.3. The molecule has 0 spiro atoms.